The Morgan fingerprint density at radius 3 is 1.33 bits per heavy atom. The molecule has 0 fully saturated rings. The zero-order valence-electron chi connectivity index (χ0n) is 6.53. The van der Waals surface area contributed by atoms with Crippen molar-refractivity contribution in [1.82, 2.24) is 0 Å². The Hall–Kier alpha value is -1.85. The van der Waals surface area contributed by atoms with Crippen molar-refractivity contribution >= 4 is 17.8 Å². The molecular formula is C6H10N2O4. The third-order valence-electron chi connectivity index (χ3n) is 0.608. The van der Waals surface area contributed by atoms with E-state index in [-0.39, 0.29) is 5.57 Å². The van der Waals surface area contributed by atoms with E-state index < -0.39 is 17.8 Å². The molecule has 6 heteroatoms. The minimum Gasteiger partial charge on any atom is -0.478 e. The summed E-state index contributed by atoms with van der Waals surface area (Å²) >= 11 is 0. The number of hydrogen-bond donors (Lipinski definition) is 3. The van der Waals surface area contributed by atoms with Crippen LogP contribution in [-0.2, 0) is 14.4 Å². The number of hydrogen-bond acceptors (Lipinski definition) is 3. The van der Waals surface area contributed by atoms with Crippen LogP contribution in [0.4, 0.5) is 0 Å². The average Bonchev–Trinajstić information content (AvgIpc) is 1.88. The molecule has 0 aliphatic heterocycles. The van der Waals surface area contributed by atoms with Gasteiger partial charge in [-0.15, -0.1) is 0 Å². The molecule has 6 nitrogen and oxygen atoms in total. The lowest BCUT2D eigenvalue weighted by atomic mass is 10.4. The Morgan fingerprint density at radius 2 is 1.33 bits per heavy atom. The molecule has 0 aromatic rings. The third-order valence-corrected chi connectivity index (χ3v) is 0.608. The molecule has 0 rings (SSSR count). The van der Waals surface area contributed by atoms with Gasteiger partial charge in [-0.25, -0.2) is 4.79 Å². The van der Waals surface area contributed by atoms with E-state index in [1.807, 2.05) is 0 Å². The van der Waals surface area contributed by atoms with Crippen LogP contribution in [0.1, 0.15) is 6.92 Å². The number of carbonyl (C=O) groups excluding carboxylic acids is 2. The van der Waals surface area contributed by atoms with Gasteiger partial charge in [0, 0.05) is 5.57 Å². The lowest BCUT2D eigenvalue weighted by molar-refractivity contribution is -0.135. The van der Waals surface area contributed by atoms with Gasteiger partial charge in [-0.1, -0.05) is 6.58 Å². The van der Waals surface area contributed by atoms with Crippen LogP contribution < -0.4 is 11.5 Å². The van der Waals surface area contributed by atoms with Crippen molar-refractivity contribution in [2.45, 2.75) is 6.92 Å². The fraction of sp³-hybridized carbons (Fsp3) is 0.167. The second-order valence-corrected chi connectivity index (χ2v) is 1.81. The number of rotatable bonds is 1. The van der Waals surface area contributed by atoms with Gasteiger partial charge in [0.05, 0.1) is 0 Å². The van der Waals surface area contributed by atoms with Crippen LogP contribution in [-0.4, -0.2) is 22.9 Å². The predicted octanol–water partition coefficient (Wildman–Crippen LogP) is -1.40. The van der Waals surface area contributed by atoms with Crippen LogP contribution in [0.3, 0.4) is 0 Å². The summed E-state index contributed by atoms with van der Waals surface area (Å²) in [6.07, 6.45) is 0. The van der Waals surface area contributed by atoms with E-state index in [0.29, 0.717) is 0 Å². The number of aliphatic carboxylic acids is 1. The number of carboxylic acid groups (broad SMARTS) is 1. The largest absolute Gasteiger partial charge is 0.478 e. The number of primary amides is 2. The first kappa shape index (κ1) is 12.8. The van der Waals surface area contributed by atoms with Crippen LogP contribution in [0.2, 0.25) is 0 Å². The van der Waals surface area contributed by atoms with Gasteiger partial charge in [0.25, 0.3) is 0 Å². The molecule has 5 N–H and O–H groups in total. The number of carboxylic acids is 1. The second-order valence-electron chi connectivity index (χ2n) is 1.81. The zero-order valence-corrected chi connectivity index (χ0v) is 6.53. The summed E-state index contributed by atoms with van der Waals surface area (Å²) < 4.78 is 0. The maximum atomic E-state index is 9.60. The summed E-state index contributed by atoms with van der Waals surface area (Å²) in [5.74, 6) is -3.14. The van der Waals surface area contributed by atoms with Crippen molar-refractivity contribution in [2.75, 3.05) is 0 Å². The Balaban J connectivity index is 0. The normalized spacial score (nSPS) is 7.42. The standard InChI is InChI=1S/C4H6O2.C2H4N2O2/c1-3(2)4(5)6;3-1(5)2(4)6/h1H2,2H3,(H,5,6);(H2,3,5)(H2,4,6). The fourth-order valence-corrected chi connectivity index (χ4v) is 0. The maximum Gasteiger partial charge on any atom is 0.330 e. The van der Waals surface area contributed by atoms with Crippen molar-refractivity contribution < 1.29 is 19.5 Å². The third kappa shape index (κ3) is 11.0. The second kappa shape index (κ2) is 5.90. The predicted molar refractivity (Wildman–Crippen MR) is 40.8 cm³/mol. The van der Waals surface area contributed by atoms with Crippen LogP contribution in [0.25, 0.3) is 0 Å². The van der Waals surface area contributed by atoms with E-state index in [2.05, 4.69) is 18.0 Å². The summed E-state index contributed by atoms with van der Waals surface area (Å²) in [5, 5.41) is 7.89. The van der Waals surface area contributed by atoms with E-state index in [9.17, 15) is 14.4 Å². The van der Waals surface area contributed by atoms with Crippen LogP contribution in [0.5, 0.6) is 0 Å². The van der Waals surface area contributed by atoms with Gasteiger partial charge < -0.3 is 16.6 Å². The van der Waals surface area contributed by atoms with Gasteiger partial charge in [0.1, 0.15) is 0 Å². The number of nitrogens with two attached hydrogens (primary N) is 2. The zero-order chi connectivity index (χ0) is 10.3. The summed E-state index contributed by atoms with van der Waals surface area (Å²) in [6, 6.07) is 0. The molecule has 0 radical (unpaired) electrons. The first-order valence-electron chi connectivity index (χ1n) is 2.77. The van der Waals surface area contributed by atoms with Gasteiger partial charge in [0.15, 0.2) is 0 Å². The summed E-state index contributed by atoms with van der Waals surface area (Å²) in [6.45, 7) is 4.60. The van der Waals surface area contributed by atoms with Crippen molar-refractivity contribution in [1.29, 1.82) is 0 Å². The molecule has 0 saturated heterocycles. The summed E-state index contributed by atoms with van der Waals surface area (Å²) in [4.78, 5) is 28.5. The molecule has 0 aliphatic rings. The molecule has 0 saturated carbocycles. The number of amides is 2. The van der Waals surface area contributed by atoms with Crippen LogP contribution >= 0.6 is 0 Å². The fourth-order valence-electron chi connectivity index (χ4n) is 0. The van der Waals surface area contributed by atoms with Crippen molar-refractivity contribution in [3.63, 3.8) is 0 Å². The highest BCUT2D eigenvalue weighted by Crippen LogP contribution is 1.81. The quantitative estimate of drug-likeness (QED) is 0.334. The van der Waals surface area contributed by atoms with E-state index in [4.69, 9.17) is 5.11 Å². The average molecular weight is 174 g/mol. The van der Waals surface area contributed by atoms with Gasteiger partial charge in [0.2, 0.25) is 0 Å². The lowest BCUT2D eigenvalue weighted by Gasteiger charge is -1.79. The lowest BCUT2D eigenvalue weighted by Crippen LogP contribution is -2.29. The highest BCUT2D eigenvalue weighted by molar-refractivity contribution is 6.33. The van der Waals surface area contributed by atoms with Crippen LogP contribution in [0, 0.1) is 0 Å². The minimum atomic E-state index is -1.10. The molecule has 0 bridgehead atoms. The van der Waals surface area contributed by atoms with Gasteiger partial charge in [-0.2, -0.15) is 0 Å². The summed E-state index contributed by atoms with van der Waals surface area (Å²) in [7, 11) is 0. The molecule has 0 atom stereocenters. The molecule has 12 heavy (non-hydrogen) atoms. The van der Waals surface area contributed by atoms with E-state index in [1.54, 1.807) is 0 Å². The topological polar surface area (TPSA) is 123 Å². The van der Waals surface area contributed by atoms with Crippen molar-refractivity contribution in [2.24, 2.45) is 11.5 Å². The molecule has 0 aliphatic carbocycles. The number of carbonyl (C=O) groups is 3. The maximum absolute atomic E-state index is 9.60. The van der Waals surface area contributed by atoms with E-state index in [1.165, 1.54) is 6.92 Å². The Morgan fingerprint density at radius 1 is 1.17 bits per heavy atom. The Kier molecular flexibility index (Phi) is 6.29. The van der Waals surface area contributed by atoms with E-state index in [0.717, 1.165) is 0 Å². The first-order valence-corrected chi connectivity index (χ1v) is 2.77. The smallest absolute Gasteiger partial charge is 0.330 e. The Bertz CT molecular complexity index is 174. The van der Waals surface area contributed by atoms with E-state index >= 15 is 0 Å². The minimum absolute atomic E-state index is 0.176. The molecule has 0 aromatic carbocycles. The SMILES string of the molecule is C=C(C)C(=O)O.NC(=O)C(N)=O. The van der Waals surface area contributed by atoms with Crippen molar-refractivity contribution in [3.05, 3.63) is 12.2 Å². The molecule has 2 amide bonds. The highest BCUT2D eigenvalue weighted by atomic mass is 16.4. The molecule has 0 spiro atoms. The molecule has 0 unspecified atom stereocenters. The molecule has 0 heterocycles. The van der Waals surface area contributed by atoms with Crippen molar-refractivity contribution in [3.8, 4) is 0 Å². The van der Waals surface area contributed by atoms with Gasteiger partial charge >= 0.3 is 17.8 Å². The molecule has 0 aromatic heterocycles. The molecular weight excluding hydrogens is 164 g/mol. The Labute approximate surface area is 68.8 Å². The highest BCUT2D eigenvalue weighted by Gasteiger charge is 1.96. The summed E-state index contributed by atoms with van der Waals surface area (Å²) in [5.41, 5.74) is 8.82. The first-order chi connectivity index (χ1) is 5.29. The van der Waals surface area contributed by atoms with Gasteiger partial charge in [-0.05, 0) is 6.92 Å². The van der Waals surface area contributed by atoms with Crippen LogP contribution in [0.15, 0.2) is 12.2 Å². The molecule has 68 valence electrons. The van der Waals surface area contributed by atoms with Gasteiger partial charge in [-0.3, -0.25) is 9.59 Å². The monoisotopic (exact) mass is 174 g/mol.